The van der Waals surface area contributed by atoms with Crippen LogP contribution in [0.1, 0.15) is 25.2 Å². The second-order valence-corrected chi connectivity index (χ2v) is 5.03. The van der Waals surface area contributed by atoms with E-state index in [0.717, 1.165) is 10.7 Å². The SMILES string of the molecule is Cn1nc(C(F)(F)F)cc1-c1ccc(C(C)(C)O)nc1. The van der Waals surface area contributed by atoms with Gasteiger partial charge in [-0.15, -0.1) is 0 Å². The molecule has 2 heterocycles. The Balaban J connectivity index is 2.40. The van der Waals surface area contributed by atoms with Gasteiger partial charge in [-0.05, 0) is 32.0 Å². The molecule has 7 heteroatoms. The Kier molecular flexibility index (Phi) is 3.33. The maximum absolute atomic E-state index is 12.6. The van der Waals surface area contributed by atoms with Gasteiger partial charge in [0.15, 0.2) is 5.69 Å². The van der Waals surface area contributed by atoms with Crippen LogP contribution in [0, 0.1) is 0 Å². The third-order valence-corrected chi connectivity index (χ3v) is 2.86. The van der Waals surface area contributed by atoms with Crippen molar-refractivity contribution in [3.8, 4) is 11.3 Å². The minimum Gasteiger partial charge on any atom is -0.384 e. The van der Waals surface area contributed by atoms with E-state index in [1.54, 1.807) is 26.0 Å². The van der Waals surface area contributed by atoms with Gasteiger partial charge in [0, 0.05) is 18.8 Å². The number of aromatic nitrogens is 3. The maximum atomic E-state index is 12.6. The summed E-state index contributed by atoms with van der Waals surface area (Å²) in [7, 11) is 1.44. The summed E-state index contributed by atoms with van der Waals surface area (Å²) in [6, 6.07) is 4.16. The highest BCUT2D eigenvalue weighted by molar-refractivity contribution is 5.59. The zero-order valence-corrected chi connectivity index (χ0v) is 11.2. The topological polar surface area (TPSA) is 50.9 Å². The molecule has 2 aromatic heterocycles. The maximum Gasteiger partial charge on any atom is 0.435 e. The summed E-state index contributed by atoms with van der Waals surface area (Å²) >= 11 is 0. The number of pyridine rings is 1. The number of aryl methyl sites for hydroxylation is 1. The predicted molar refractivity (Wildman–Crippen MR) is 66.7 cm³/mol. The first kappa shape index (κ1) is 14.5. The van der Waals surface area contributed by atoms with Gasteiger partial charge in [0.1, 0.15) is 5.60 Å². The molecule has 4 nitrogen and oxygen atoms in total. The molecule has 0 bridgehead atoms. The molecule has 1 N–H and O–H groups in total. The van der Waals surface area contributed by atoms with Crippen LogP contribution in [0.2, 0.25) is 0 Å². The molecule has 2 rings (SSSR count). The van der Waals surface area contributed by atoms with E-state index in [4.69, 9.17) is 0 Å². The monoisotopic (exact) mass is 285 g/mol. The summed E-state index contributed by atoms with van der Waals surface area (Å²) < 4.78 is 38.9. The van der Waals surface area contributed by atoms with E-state index in [1.807, 2.05) is 0 Å². The molecule has 0 aliphatic rings. The fourth-order valence-corrected chi connectivity index (χ4v) is 1.78. The molecular formula is C13H14F3N3O. The van der Waals surface area contributed by atoms with Gasteiger partial charge < -0.3 is 5.11 Å². The Morgan fingerprint density at radius 3 is 2.20 bits per heavy atom. The molecule has 2 aromatic rings. The number of nitrogens with zero attached hydrogens (tertiary/aromatic N) is 3. The molecule has 0 aliphatic heterocycles. The average molecular weight is 285 g/mol. The van der Waals surface area contributed by atoms with Crippen molar-refractivity contribution < 1.29 is 18.3 Å². The summed E-state index contributed by atoms with van der Waals surface area (Å²) in [5.41, 5.74) is -0.779. The van der Waals surface area contributed by atoms with Crippen LogP contribution >= 0.6 is 0 Å². The Labute approximate surface area is 113 Å². The van der Waals surface area contributed by atoms with Crippen LogP contribution in [-0.4, -0.2) is 19.9 Å². The van der Waals surface area contributed by atoms with Gasteiger partial charge in [0.25, 0.3) is 0 Å². The molecule has 0 aliphatic carbocycles. The van der Waals surface area contributed by atoms with Crippen LogP contribution in [0.25, 0.3) is 11.3 Å². The van der Waals surface area contributed by atoms with Gasteiger partial charge in [-0.1, -0.05) is 0 Å². The highest BCUT2D eigenvalue weighted by Crippen LogP contribution is 2.31. The van der Waals surface area contributed by atoms with Crippen molar-refractivity contribution in [2.45, 2.75) is 25.6 Å². The quantitative estimate of drug-likeness (QED) is 0.923. The van der Waals surface area contributed by atoms with Crippen LogP contribution in [0.3, 0.4) is 0 Å². The van der Waals surface area contributed by atoms with Gasteiger partial charge in [0.2, 0.25) is 0 Å². The standard InChI is InChI=1S/C13H14F3N3O/c1-12(2,20)10-5-4-8(7-17-10)9-6-11(13(14,15)16)18-19(9)3/h4-7,20H,1-3H3. The van der Waals surface area contributed by atoms with Crippen molar-refractivity contribution in [2.24, 2.45) is 7.05 Å². The highest BCUT2D eigenvalue weighted by atomic mass is 19.4. The van der Waals surface area contributed by atoms with E-state index in [1.165, 1.54) is 13.2 Å². The summed E-state index contributed by atoms with van der Waals surface area (Å²) in [5.74, 6) is 0. The van der Waals surface area contributed by atoms with E-state index in [0.29, 0.717) is 17.0 Å². The lowest BCUT2D eigenvalue weighted by Gasteiger charge is -2.16. The van der Waals surface area contributed by atoms with E-state index in [2.05, 4.69) is 10.1 Å². The third kappa shape index (κ3) is 2.82. The van der Waals surface area contributed by atoms with E-state index in [-0.39, 0.29) is 0 Å². The number of halogens is 3. The fourth-order valence-electron chi connectivity index (χ4n) is 1.78. The Bertz CT molecular complexity index is 609. The third-order valence-electron chi connectivity index (χ3n) is 2.86. The summed E-state index contributed by atoms with van der Waals surface area (Å²) in [6.45, 7) is 3.17. The molecule has 0 saturated heterocycles. The second kappa shape index (κ2) is 4.59. The first-order valence-electron chi connectivity index (χ1n) is 5.89. The zero-order valence-electron chi connectivity index (χ0n) is 11.2. The van der Waals surface area contributed by atoms with Crippen molar-refractivity contribution in [2.75, 3.05) is 0 Å². The van der Waals surface area contributed by atoms with Crippen LogP contribution in [0.5, 0.6) is 0 Å². The molecule has 0 unspecified atom stereocenters. The Hall–Kier alpha value is -1.89. The molecule has 0 saturated carbocycles. The van der Waals surface area contributed by atoms with Gasteiger partial charge in [-0.2, -0.15) is 18.3 Å². The molecule has 0 aromatic carbocycles. The van der Waals surface area contributed by atoms with E-state index >= 15 is 0 Å². The number of alkyl halides is 3. The van der Waals surface area contributed by atoms with Gasteiger partial charge >= 0.3 is 6.18 Å². The number of hydrogen-bond acceptors (Lipinski definition) is 3. The average Bonchev–Trinajstić information content (AvgIpc) is 2.70. The molecule has 0 spiro atoms. The first-order valence-corrected chi connectivity index (χ1v) is 5.89. The van der Waals surface area contributed by atoms with Crippen molar-refractivity contribution in [1.29, 1.82) is 0 Å². The summed E-state index contributed by atoms with van der Waals surface area (Å²) in [6.07, 6.45) is -3.05. The van der Waals surface area contributed by atoms with Crippen LogP contribution in [-0.2, 0) is 18.8 Å². The lowest BCUT2D eigenvalue weighted by molar-refractivity contribution is -0.141. The van der Waals surface area contributed by atoms with Crippen LogP contribution in [0.4, 0.5) is 13.2 Å². The van der Waals surface area contributed by atoms with E-state index < -0.39 is 17.5 Å². The molecule has 108 valence electrons. The van der Waals surface area contributed by atoms with Gasteiger partial charge in [-0.3, -0.25) is 9.67 Å². The smallest absolute Gasteiger partial charge is 0.384 e. The van der Waals surface area contributed by atoms with Crippen LogP contribution < -0.4 is 0 Å². The summed E-state index contributed by atoms with van der Waals surface area (Å²) in [5, 5.41) is 13.2. The van der Waals surface area contributed by atoms with Crippen molar-refractivity contribution in [3.63, 3.8) is 0 Å². The lowest BCUT2D eigenvalue weighted by Crippen LogP contribution is -2.17. The Morgan fingerprint density at radius 1 is 1.15 bits per heavy atom. The lowest BCUT2D eigenvalue weighted by atomic mass is 10.0. The molecule has 0 atom stereocenters. The Morgan fingerprint density at radius 2 is 1.80 bits per heavy atom. The van der Waals surface area contributed by atoms with Gasteiger partial charge in [-0.25, -0.2) is 0 Å². The zero-order chi connectivity index (χ0) is 15.1. The second-order valence-electron chi connectivity index (χ2n) is 5.03. The first-order chi connectivity index (χ1) is 9.09. The molecule has 0 fully saturated rings. The highest BCUT2D eigenvalue weighted by Gasteiger charge is 2.34. The van der Waals surface area contributed by atoms with Gasteiger partial charge in [0.05, 0.1) is 11.4 Å². The minimum absolute atomic E-state index is 0.312. The minimum atomic E-state index is -4.48. The van der Waals surface area contributed by atoms with Crippen molar-refractivity contribution >= 4 is 0 Å². The van der Waals surface area contributed by atoms with Crippen molar-refractivity contribution in [3.05, 3.63) is 35.8 Å². The molecule has 20 heavy (non-hydrogen) atoms. The molecule has 0 amide bonds. The van der Waals surface area contributed by atoms with Crippen molar-refractivity contribution in [1.82, 2.24) is 14.8 Å². The van der Waals surface area contributed by atoms with Crippen LogP contribution in [0.15, 0.2) is 24.4 Å². The number of hydrogen-bond donors (Lipinski definition) is 1. The summed E-state index contributed by atoms with van der Waals surface area (Å²) in [4.78, 5) is 4.07. The fraction of sp³-hybridized carbons (Fsp3) is 0.385. The predicted octanol–water partition coefficient (Wildman–Crippen LogP) is 2.73. The number of aliphatic hydroxyl groups is 1. The van der Waals surface area contributed by atoms with E-state index in [9.17, 15) is 18.3 Å². The molecule has 0 radical (unpaired) electrons. The number of rotatable bonds is 2. The molecular weight excluding hydrogens is 271 g/mol. The normalized spacial score (nSPS) is 12.8. The largest absolute Gasteiger partial charge is 0.435 e.